The first-order valence-corrected chi connectivity index (χ1v) is 9.95. The fourth-order valence-corrected chi connectivity index (χ4v) is 4.17. The van der Waals surface area contributed by atoms with Crippen LogP contribution in [0.25, 0.3) is 0 Å². The predicted molar refractivity (Wildman–Crippen MR) is 94.8 cm³/mol. The molecule has 1 aliphatic heterocycles. The van der Waals surface area contributed by atoms with Crippen LogP contribution in [0.1, 0.15) is 68.9 Å². The van der Waals surface area contributed by atoms with Gasteiger partial charge in [0.1, 0.15) is 6.10 Å². The second kappa shape index (κ2) is 7.46. The van der Waals surface area contributed by atoms with E-state index in [9.17, 15) is 9.90 Å². The van der Waals surface area contributed by atoms with Crippen LogP contribution in [0.4, 0.5) is 0 Å². The van der Waals surface area contributed by atoms with Gasteiger partial charge in [-0.05, 0) is 44.1 Å². The van der Waals surface area contributed by atoms with Gasteiger partial charge in [-0.2, -0.15) is 5.10 Å². The molecule has 1 aromatic heterocycles. The minimum Gasteiger partial charge on any atom is -0.386 e. The van der Waals surface area contributed by atoms with Gasteiger partial charge in [-0.15, -0.1) is 0 Å². The van der Waals surface area contributed by atoms with Crippen LogP contribution in [-0.4, -0.2) is 44.8 Å². The van der Waals surface area contributed by atoms with E-state index in [1.54, 1.807) is 0 Å². The Balaban J connectivity index is 1.30. The highest BCUT2D eigenvalue weighted by Gasteiger charge is 2.33. The largest absolute Gasteiger partial charge is 0.386 e. The molecule has 25 heavy (non-hydrogen) atoms. The first-order chi connectivity index (χ1) is 12.2. The number of carbonyl (C=O) groups is 1. The van der Waals surface area contributed by atoms with Crippen molar-refractivity contribution in [2.24, 2.45) is 5.92 Å². The van der Waals surface area contributed by atoms with Crippen LogP contribution in [0.5, 0.6) is 0 Å². The minimum atomic E-state index is -0.398. The zero-order valence-electron chi connectivity index (χ0n) is 15.0. The minimum absolute atomic E-state index is 0.189. The van der Waals surface area contributed by atoms with Crippen molar-refractivity contribution >= 4 is 5.91 Å². The van der Waals surface area contributed by atoms with Crippen molar-refractivity contribution in [1.82, 2.24) is 20.0 Å². The van der Waals surface area contributed by atoms with Gasteiger partial charge in [0.25, 0.3) is 0 Å². The number of fused-ring (bicyclic) bond motifs is 1. The summed E-state index contributed by atoms with van der Waals surface area (Å²) in [6.45, 7) is 3.52. The number of carbonyl (C=O) groups excluding carboxylic acids is 1. The lowest BCUT2D eigenvalue weighted by Crippen LogP contribution is -2.35. The van der Waals surface area contributed by atoms with E-state index in [4.69, 9.17) is 0 Å². The van der Waals surface area contributed by atoms with Crippen LogP contribution < -0.4 is 5.32 Å². The molecule has 0 radical (unpaired) electrons. The van der Waals surface area contributed by atoms with Gasteiger partial charge in [0.05, 0.1) is 11.4 Å². The van der Waals surface area contributed by atoms with Crippen molar-refractivity contribution in [2.75, 3.05) is 13.1 Å². The van der Waals surface area contributed by atoms with Gasteiger partial charge in [0, 0.05) is 38.6 Å². The van der Waals surface area contributed by atoms with Crippen LogP contribution in [0.2, 0.25) is 0 Å². The Kier molecular flexibility index (Phi) is 5.08. The molecule has 2 N–H and O–H groups in total. The van der Waals surface area contributed by atoms with E-state index in [2.05, 4.69) is 26.1 Å². The normalized spacial score (nSPS) is 23.2. The monoisotopic (exact) mass is 346 g/mol. The third-order valence-corrected chi connectivity index (χ3v) is 5.86. The maximum atomic E-state index is 12.2. The molecule has 1 atom stereocenters. The van der Waals surface area contributed by atoms with Crippen LogP contribution in [0.15, 0.2) is 6.07 Å². The van der Waals surface area contributed by atoms with E-state index in [0.717, 1.165) is 64.0 Å². The van der Waals surface area contributed by atoms with E-state index in [0.29, 0.717) is 18.4 Å². The highest BCUT2D eigenvalue weighted by Crippen LogP contribution is 2.40. The maximum absolute atomic E-state index is 12.2. The third-order valence-electron chi connectivity index (χ3n) is 5.86. The lowest BCUT2D eigenvalue weighted by Gasteiger charge is -2.20. The number of hydrogen-bond donors (Lipinski definition) is 2. The molecule has 2 fully saturated rings. The van der Waals surface area contributed by atoms with Gasteiger partial charge in [-0.1, -0.05) is 12.8 Å². The number of rotatable bonds is 6. The second-order valence-corrected chi connectivity index (χ2v) is 7.99. The zero-order valence-corrected chi connectivity index (χ0v) is 15.0. The number of aryl methyl sites for hydroxylation is 1. The molecule has 0 saturated heterocycles. The summed E-state index contributed by atoms with van der Waals surface area (Å²) in [6, 6.07) is 2.48. The Bertz CT molecular complexity index is 605. The first kappa shape index (κ1) is 17.0. The molecule has 2 saturated carbocycles. The number of amides is 1. The third kappa shape index (κ3) is 4.23. The molecular weight excluding hydrogens is 316 g/mol. The Labute approximate surface area is 149 Å². The van der Waals surface area contributed by atoms with Crippen molar-refractivity contribution in [3.8, 4) is 0 Å². The average Bonchev–Trinajstić information content (AvgIpc) is 3.25. The van der Waals surface area contributed by atoms with Crippen LogP contribution >= 0.6 is 0 Å². The van der Waals surface area contributed by atoms with Crippen molar-refractivity contribution in [3.05, 3.63) is 17.5 Å². The van der Waals surface area contributed by atoms with Crippen LogP contribution in [0.3, 0.4) is 0 Å². The summed E-state index contributed by atoms with van der Waals surface area (Å²) in [6.07, 6.45) is 8.22. The Morgan fingerprint density at radius 1 is 1.24 bits per heavy atom. The van der Waals surface area contributed by atoms with E-state index in [-0.39, 0.29) is 5.91 Å². The molecule has 138 valence electrons. The molecule has 2 heterocycles. The number of nitrogens with zero attached hydrogens (tertiary/aromatic N) is 3. The van der Waals surface area contributed by atoms with Gasteiger partial charge < -0.3 is 10.4 Å². The number of aliphatic hydroxyl groups excluding tert-OH is 1. The van der Waals surface area contributed by atoms with Crippen molar-refractivity contribution in [3.63, 3.8) is 0 Å². The number of hydrogen-bond acceptors (Lipinski definition) is 4. The van der Waals surface area contributed by atoms with Gasteiger partial charge >= 0.3 is 0 Å². The fourth-order valence-electron chi connectivity index (χ4n) is 4.17. The number of nitrogens with one attached hydrogen (secondary N) is 1. The molecule has 0 bridgehead atoms. The SMILES string of the molecule is O=C(CCN1CCCn2nc(C(O)C3CC3)cc2C1)NC1CCCC1. The smallest absolute Gasteiger partial charge is 0.221 e. The topological polar surface area (TPSA) is 70.4 Å². The van der Waals surface area contributed by atoms with Gasteiger partial charge in [0.2, 0.25) is 5.91 Å². The molecule has 6 heteroatoms. The molecule has 6 nitrogen and oxygen atoms in total. The summed E-state index contributed by atoms with van der Waals surface area (Å²) < 4.78 is 2.06. The number of aliphatic hydroxyl groups is 1. The highest BCUT2D eigenvalue weighted by molar-refractivity contribution is 5.76. The van der Waals surface area contributed by atoms with Crippen molar-refractivity contribution in [2.45, 2.75) is 76.6 Å². The summed E-state index contributed by atoms with van der Waals surface area (Å²) in [5, 5.41) is 18.1. The van der Waals surface area contributed by atoms with Crippen molar-refractivity contribution in [1.29, 1.82) is 0 Å². The number of aromatic nitrogens is 2. The summed E-state index contributed by atoms with van der Waals surface area (Å²) in [5.74, 6) is 0.601. The first-order valence-electron chi connectivity index (χ1n) is 9.95. The molecule has 1 unspecified atom stereocenters. The summed E-state index contributed by atoms with van der Waals surface area (Å²) >= 11 is 0. The molecule has 2 aliphatic carbocycles. The van der Waals surface area contributed by atoms with Gasteiger partial charge in [-0.3, -0.25) is 14.4 Å². The summed E-state index contributed by atoms with van der Waals surface area (Å²) in [7, 11) is 0. The van der Waals surface area contributed by atoms with E-state index < -0.39 is 6.10 Å². The molecular formula is C19H30N4O2. The quantitative estimate of drug-likeness (QED) is 0.826. The van der Waals surface area contributed by atoms with Crippen molar-refractivity contribution < 1.29 is 9.90 Å². The predicted octanol–water partition coefficient (Wildman–Crippen LogP) is 1.98. The van der Waals surface area contributed by atoms with Crippen LogP contribution in [-0.2, 0) is 17.9 Å². The highest BCUT2D eigenvalue weighted by atomic mass is 16.3. The summed E-state index contributed by atoms with van der Waals surface area (Å²) in [5.41, 5.74) is 2.00. The lowest BCUT2D eigenvalue weighted by atomic mass is 10.1. The average molecular weight is 346 g/mol. The molecule has 0 spiro atoms. The van der Waals surface area contributed by atoms with Crippen LogP contribution in [0, 0.1) is 5.92 Å². The van der Waals surface area contributed by atoms with Gasteiger partial charge in [-0.25, -0.2) is 0 Å². The second-order valence-electron chi connectivity index (χ2n) is 7.99. The lowest BCUT2D eigenvalue weighted by molar-refractivity contribution is -0.122. The molecule has 1 aromatic rings. The maximum Gasteiger partial charge on any atom is 0.221 e. The molecule has 4 rings (SSSR count). The Morgan fingerprint density at radius 3 is 2.80 bits per heavy atom. The van der Waals surface area contributed by atoms with E-state index >= 15 is 0 Å². The zero-order chi connectivity index (χ0) is 17.2. The Hall–Kier alpha value is -1.40. The van der Waals surface area contributed by atoms with E-state index in [1.165, 1.54) is 18.5 Å². The summed E-state index contributed by atoms with van der Waals surface area (Å²) in [4.78, 5) is 14.5. The Morgan fingerprint density at radius 2 is 2.04 bits per heavy atom. The fraction of sp³-hybridized carbons (Fsp3) is 0.789. The molecule has 3 aliphatic rings. The molecule has 0 aromatic carbocycles. The van der Waals surface area contributed by atoms with E-state index in [1.807, 2.05) is 0 Å². The molecule has 1 amide bonds. The standard InChI is InChI=1S/C19H30N4O2/c24-18(20-15-4-1-2-5-15)8-11-22-9-3-10-23-16(13-22)12-17(21-23)19(25)14-6-7-14/h12,14-15,19,25H,1-11,13H2,(H,20,24). The van der Waals surface area contributed by atoms with Gasteiger partial charge in [0.15, 0.2) is 0 Å².